The van der Waals surface area contributed by atoms with Crippen molar-refractivity contribution >= 4 is 5.96 Å². The lowest BCUT2D eigenvalue weighted by Crippen LogP contribution is -2.48. The second-order valence-corrected chi connectivity index (χ2v) is 6.62. The Morgan fingerprint density at radius 3 is 2.56 bits per heavy atom. The Balaban J connectivity index is 1.84. The van der Waals surface area contributed by atoms with E-state index in [2.05, 4.69) is 35.5 Å². The highest BCUT2D eigenvalue weighted by Crippen LogP contribution is 2.11. The maximum absolute atomic E-state index is 8.86. The van der Waals surface area contributed by atoms with Crippen molar-refractivity contribution in [3.63, 3.8) is 0 Å². The van der Waals surface area contributed by atoms with Crippen molar-refractivity contribution < 1.29 is 0 Å². The second-order valence-electron chi connectivity index (χ2n) is 6.62. The molecule has 0 aromatic heterocycles. The number of guanidine groups is 1. The van der Waals surface area contributed by atoms with Gasteiger partial charge in [-0.3, -0.25) is 0 Å². The lowest BCUT2D eigenvalue weighted by molar-refractivity contribution is 0.203. The summed E-state index contributed by atoms with van der Waals surface area (Å²) < 4.78 is 0. The van der Waals surface area contributed by atoms with E-state index in [-0.39, 0.29) is 0 Å². The van der Waals surface area contributed by atoms with Crippen LogP contribution in [0.2, 0.25) is 0 Å². The lowest BCUT2D eigenvalue weighted by Gasteiger charge is -2.33. The molecule has 1 heterocycles. The van der Waals surface area contributed by atoms with Crippen molar-refractivity contribution in [2.45, 2.75) is 52.1 Å². The molecule has 5 heteroatoms. The van der Waals surface area contributed by atoms with Gasteiger partial charge in [0.2, 0.25) is 0 Å². The molecule has 0 spiro atoms. The zero-order chi connectivity index (χ0) is 17.9. The van der Waals surface area contributed by atoms with Crippen molar-refractivity contribution in [3.8, 4) is 6.07 Å². The predicted octanol–water partition coefficient (Wildman–Crippen LogP) is 2.88. The van der Waals surface area contributed by atoms with E-state index in [9.17, 15) is 0 Å². The van der Waals surface area contributed by atoms with Crippen LogP contribution >= 0.6 is 0 Å². The van der Waals surface area contributed by atoms with E-state index in [0.29, 0.717) is 18.2 Å². The summed E-state index contributed by atoms with van der Waals surface area (Å²) in [6, 6.07) is 10.3. The zero-order valence-corrected chi connectivity index (χ0v) is 15.6. The Labute approximate surface area is 152 Å². The molecule has 0 bridgehead atoms. The Morgan fingerprint density at radius 1 is 1.24 bits per heavy atom. The molecule has 1 fully saturated rings. The molecule has 2 N–H and O–H groups in total. The molecule has 2 rings (SSSR count). The minimum atomic E-state index is 0.497. The molecule has 0 unspecified atom stereocenters. The summed E-state index contributed by atoms with van der Waals surface area (Å²) in [6.45, 7) is 9.40. The summed E-state index contributed by atoms with van der Waals surface area (Å²) in [4.78, 5) is 7.27. The van der Waals surface area contributed by atoms with Crippen LogP contribution in [0.1, 0.15) is 50.7 Å². The summed E-state index contributed by atoms with van der Waals surface area (Å²) in [5.74, 6) is 0.888. The van der Waals surface area contributed by atoms with Crippen molar-refractivity contribution in [1.82, 2.24) is 15.5 Å². The third kappa shape index (κ3) is 6.75. The van der Waals surface area contributed by atoms with Gasteiger partial charge in [0, 0.05) is 25.7 Å². The monoisotopic (exact) mass is 341 g/mol. The van der Waals surface area contributed by atoms with Crippen molar-refractivity contribution in [2.24, 2.45) is 4.99 Å². The van der Waals surface area contributed by atoms with Gasteiger partial charge < -0.3 is 15.5 Å². The van der Waals surface area contributed by atoms with Gasteiger partial charge in [0.1, 0.15) is 0 Å². The third-order valence-electron chi connectivity index (χ3n) is 4.60. The van der Waals surface area contributed by atoms with Crippen LogP contribution in [0.5, 0.6) is 0 Å². The molecule has 1 aliphatic heterocycles. The van der Waals surface area contributed by atoms with Crippen LogP contribution in [0.4, 0.5) is 0 Å². The van der Waals surface area contributed by atoms with Gasteiger partial charge in [-0.2, -0.15) is 5.26 Å². The van der Waals surface area contributed by atoms with E-state index in [1.54, 1.807) is 0 Å². The quantitative estimate of drug-likeness (QED) is 0.591. The summed E-state index contributed by atoms with van der Waals surface area (Å²) in [5, 5.41) is 15.8. The highest BCUT2D eigenvalue weighted by molar-refractivity contribution is 5.80. The molecule has 0 atom stereocenters. The summed E-state index contributed by atoms with van der Waals surface area (Å²) in [6.07, 6.45) is 4.91. The van der Waals surface area contributed by atoms with Gasteiger partial charge in [-0.05, 0) is 50.4 Å². The van der Waals surface area contributed by atoms with Crippen molar-refractivity contribution in [3.05, 3.63) is 35.4 Å². The zero-order valence-electron chi connectivity index (χ0n) is 15.6. The first-order valence-electron chi connectivity index (χ1n) is 9.51. The van der Waals surface area contributed by atoms with Crippen LogP contribution in [0, 0.1) is 11.3 Å². The van der Waals surface area contributed by atoms with Crippen LogP contribution in [-0.2, 0) is 6.54 Å². The van der Waals surface area contributed by atoms with E-state index in [1.807, 2.05) is 24.3 Å². The van der Waals surface area contributed by atoms with Gasteiger partial charge >= 0.3 is 0 Å². The lowest BCUT2D eigenvalue weighted by atomic mass is 10.0. The molecule has 136 valence electrons. The second kappa shape index (κ2) is 10.7. The Bertz CT molecular complexity index is 565. The largest absolute Gasteiger partial charge is 0.357 e. The van der Waals surface area contributed by atoms with Crippen molar-refractivity contribution in [2.75, 3.05) is 26.2 Å². The number of likely N-dealkylation sites (tertiary alicyclic amines) is 1. The van der Waals surface area contributed by atoms with Crippen molar-refractivity contribution in [1.29, 1.82) is 5.26 Å². The Kier molecular flexibility index (Phi) is 8.27. The molecule has 0 aliphatic carbocycles. The molecule has 0 amide bonds. The number of benzene rings is 1. The van der Waals surface area contributed by atoms with E-state index in [0.717, 1.165) is 18.1 Å². The van der Waals surface area contributed by atoms with Gasteiger partial charge in [0.15, 0.2) is 5.96 Å². The number of nitrogens with one attached hydrogen (secondary N) is 2. The molecular weight excluding hydrogens is 310 g/mol. The standard InChI is InChI=1S/C20H31N5/c1-3-5-12-25-13-10-19(11-14-25)24-20(22-4-2)23-16-18-8-6-17(15-21)7-9-18/h6-9,19H,3-5,10-14,16H2,1-2H3,(H2,22,23,24). The minimum absolute atomic E-state index is 0.497. The molecule has 1 aromatic carbocycles. The summed E-state index contributed by atoms with van der Waals surface area (Å²) >= 11 is 0. The third-order valence-corrected chi connectivity index (χ3v) is 4.60. The van der Waals surface area contributed by atoms with E-state index >= 15 is 0 Å². The fourth-order valence-corrected chi connectivity index (χ4v) is 3.05. The fraction of sp³-hybridized carbons (Fsp3) is 0.600. The van der Waals surface area contributed by atoms with Crippen LogP contribution in [0.25, 0.3) is 0 Å². The minimum Gasteiger partial charge on any atom is -0.357 e. The van der Waals surface area contributed by atoms with Gasteiger partial charge in [0.25, 0.3) is 0 Å². The predicted molar refractivity (Wildman–Crippen MR) is 103 cm³/mol. The maximum atomic E-state index is 8.86. The molecule has 0 saturated carbocycles. The van der Waals surface area contributed by atoms with Crippen LogP contribution < -0.4 is 10.6 Å². The van der Waals surface area contributed by atoms with Gasteiger partial charge in [-0.15, -0.1) is 0 Å². The van der Waals surface area contributed by atoms with E-state index in [1.165, 1.54) is 45.3 Å². The molecule has 0 radical (unpaired) electrons. The average molecular weight is 342 g/mol. The molecule has 1 saturated heterocycles. The topological polar surface area (TPSA) is 63.5 Å². The van der Waals surface area contributed by atoms with Gasteiger partial charge in [-0.25, -0.2) is 4.99 Å². The number of nitriles is 1. The average Bonchev–Trinajstić information content (AvgIpc) is 2.66. The van der Waals surface area contributed by atoms with E-state index < -0.39 is 0 Å². The van der Waals surface area contributed by atoms with Gasteiger partial charge in [0.05, 0.1) is 18.2 Å². The first-order chi connectivity index (χ1) is 12.2. The fourth-order valence-electron chi connectivity index (χ4n) is 3.05. The van der Waals surface area contributed by atoms with Crippen LogP contribution in [0.15, 0.2) is 29.3 Å². The van der Waals surface area contributed by atoms with E-state index in [4.69, 9.17) is 10.3 Å². The number of aliphatic imine (C=N–C) groups is 1. The Hall–Kier alpha value is -2.06. The number of unbranched alkanes of at least 4 members (excludes halogenated alkanes) is 1. The smallest absolute Gasteiger partial charge is 0.191 e. The van der Waals surface area contributed by atoms with Gasteiger partial charge in [-0.1, -0.05) is 25.5 Å². The summed E-state index contributed by atoms with van der Waals surface area (Å²) in [5.41, 5.74) is 1.80. The SMILES string of the molecule is CCCCN1CCC(NC(=NCc2ccc(C#N)cc2)NCC)CC1. The highest BCUT2D eigenvalue weighted by Gasteiger charge is 2.19. The number of hydrogen-bond acceptors (Lipinski definition) is 3. The van der Waals surface area contributed by atoms with Crippen LogP contribution in [-0.4, -0.2) is 43.1 Å². The maximum Gasteiger partial charge on any atom is 0.191 e. The molecular formula is C20H31N5. The molecule has 1 aromatic rings. The highest BCUT2D eigenvalue weighted by atomic mass is 15.2. The van der Waals surface area contributed by atoms with Crippen LogP contribution in [0.3, 0.4) is 0 Å². The first-order valence-corrected chi connectivity index (χ1v) is 9.51. The number of hydrogen-bond donors (Lipinski definition) is 2. The Morgan fingerprint density at radius 2 is 1.96 bits per heavy atom. The number of nitrogens with zero attached hydrogens (tertiary/aromatic N) is 3. The normalized spacial score (nSPS) is 16.4. The molecule has 25 heavy (non-hydrogen) atoms. The number of rotatable bonds is 7. The molecule has 5 nitrogen and oxygen atoms in total. The first kappa shape index (κ1) is 19.3. The molecule has 1 aliphatic rings. The summed E-state index contributed by atoms with van der Waals surface area (Å²) in [7, 11) is 0. The number of piperidine rings is 1.